The fourth-order valence-electron chi connectivity index (χ4n) is 1.62. The van der Waals surface area contributed by atoms with E-state index in [9.17, 15) is 0 Å². The average Bonchev–Trinajstić information content (AvgIpc) is 2.02. The molecular formula is C12H19NO. The van der Waals surface area contributed by atoms with Gasteiger partial charge in [-0.25, -0.2) is 0 Å². The third kappa shape index (κ3) is 2.48. The monoisotopic (exact) mass is 193 g/mol. The lowest BCUT2D eigenvalue weighted by molar-refractivity contribution is 0.339. The number of hydrogen-bond donors (Lipinski definition) is 1. The SMILES string of the molecule is CCOc1ccc(C(C)(C)N)c(C)c1. The molecule has 1 rings (SSSR count). The van der Waals surface area contributed by atoms with Gasteiger partial charge in [0, 0.05) is 5.54 Å². The molecule has 0 fully saturated rings. The van der Waals surface area contributed by atoms with Crippen molar-refractivity contribution >= 4 is 0 Å². The van der Waals surface area contributed by atoms with E-state index in [1.807, 2.05) is 39.0 Å². The first kappa shape index (κ1) is 11.1. The summed E-state index contributed by atoms with van der Waals surface area (Å²) in [6, 6.07) is 6.05. The van der Waals surface area contributed by atoms with Gasteiger partial charge < -0.3 is 10.5 Å². The summed E-state index contributed by atoms with van der Waals surface area (Å²) in [7, 11) is 0. The van der Waals surface area contributed by atoms with Crippen molar-refractivity contribution < 1.29 is 4.74 Å². The third-order valence-electron chi connectivity index (χ3n) is 2.20. The predicted molar refractivity (Wildman–Crippen MR) is 59.6 cm³/mol. The van der Waals surface area contributed by atoms with E-state index in [1.54, 1.807) is 0 Å². The molecule has 0 heterocycles. The molecule has 0 saturated heterocycles. The second kappa shape index (κ2) is 4.01. The van der Waals surface area contributed by atoms with Gasteiger partial charge >= 0.3 is 0 Å². The van der Waals surface area contributed by atoms with Gasteiger partial charge in [0.25, 0.3) is 0 Å². The van der Waals surface area contributed by atoms with Crippen LogP contribution in [0.1, 0.15) is 31.9 Å². The first-order valence-corrected chi connectivity index (χ1v) is 4.98. The lowest BCUT2D eigenvalue weighted by atomic mass is 9.91. The average molecular weight is 193 g/mol. The Morgan fingerprint density at radius 3 is 2.43 bits per heavy atom. The molecule has 1 aromatic carbocycles. The molecule has 0 aliphatic carbocycles. The van der Waals surface area contributed by atoms with E-state index < -0.39 is 0 Å². The van der Waals surface area contributed by atoms with Crippen molar-refractivity contribution in [1.29, 1.82) is 0 Å². The standard InChI is InChI=1S/C12H19NO/c1-5-14-10-6-7-11(9(2)8-10)12(3,4)13/h6-8H,5,13H2,1-4H3. The number of aryl methyl sites for hydroxylation is 1. The maximum Gasteiger partial charge on any atom is 0.119 e. The highest BCUT2D eigenvalue weighted by molar-refractivity contribution is 5.38. The Morgan fingerprint density at radius 2 is 2.00 bits per heavy atom. The molecule has 0 aliphatic rings. The van der Waals surface area contributed by atoms with Crippen LogP contribution >= 0.6 is 0 Å². The maximum atomic E-state index is 6.04. The van der Waals surface area contributed by atoms with Crippen LogP contribution in [0.3, 0.4) is 0 Å². The molecule has 0 radical (unpaired) electrons. The zero-order valence-electron chi connectivity index (χ0n) is 9.42. The van der Waals surface area contributed by atoms with Gasteiger partial charge in [-0.1, -0.05) is 6.07 Å². The highest BCUT2D eigenvalue weighted by atomic mass is 16.5. The summed E-state index contributed by atoms with van der Waals surface area (Å²) in [4.78, 5) is 0. The topological polar surface area (TPSA) is 35.2 Å². The van der Waals surface area contributed by atoms with Crippen molar-refractivity contribution in [3.63, 3.8) is 0 Å². The molecule has 0 saturated carbocycles. The Labute approximate surface area is 86.1 Å². The van der Waals surface area contributed by atoms with Gasteiger partial charge in [-0.05, 0) is 51.0 Å². The smallest absolute Gasteiger partial charge is 0.119 e. The highest BCUT2D eigenvalue weighted by Crippen LogP contribution is 2.24. The quantitative estimate of drug-likeness (QED) is 0.800. The van der Waals surface area contributed by atoms with E-state index in [4.69, 9.17) is 10.5 Å². The lowest BCUT2D eigenvalue weighted by Crippen LogP contribution is -2.29. The van der Waals surface area contributed by atoms with E-state index in [2.05, 4.69) is 6.92 Å². The molecule has 2 N–H and O–H groups in total. The number of ether oxygens (including phenoxy) is 1. The van der Waals surface area contributed by atoms with Crippen molar-refractivity contribution in [3.05, 3.63) is 29.3 Å². The fraction of sp³-hybridized carbons (Fsp3) is 0.500. The van der Waals surface area contributed by atoms with Gasteiger partial charge in [0.2, 0.25) is 0 Å². The Morgan fingerprint density at radius 1 is 1.36 bits per heavy atom. The number of rotatable bonds is 3. The summed E-state index contributed by atoms with van der Waals surface area (Å²) in [5.41, 5.74) is 8.11. The van der Waals surface area contributed by atoms with Crippen molar-refractivity contribution in [2.75, 3.05) is 6.61 Å². The van der Waals surface area contributed by atoms with Crippen molar-refractivity contribution in [3.8, 4) is 5.75 Å². The molecule has 0 amide bonds. The Bertz CT molecular complexity index is 313. The first-order valence-electron chi connectivity index (χ1n) is 4.98. The van der Waals surface area contributed by atoms with Crippen molar-refractivity contribution in [2.24, 2.45) is 5.73 Å². The first-order chi connectivity index (χ1) is 6.45. The zero-order chi connectivity index (χ0) is 10.8. The van der Waals surface area contributed by atoms with Gasteiger partial charge in [0.05, 0.1) is 6.61 Å². The maximum absolute atomic E-state index is 6.04. The summed E-state index contributed by atoms with van der Waals surface area (Å²) in [6.07, 6.45) is 0. The molecule has 0 atom stereocenters. The molecule has 2 nitrogen and oxygen atoms in total. The summed E-state index contributed by atoms with van der Waals surface area (Å²) in [6.45, 7) is 8.76. The zero-order valence-corrected chi connectivity index (χ0v) is 9.42. The number of hydrogen-bond acceptors (Lipinski definition) is 2. The predicted octanol–water partition coefficient (Wildman–Crippen LogP) is 2.59. The summed E-state index contributed by atoms with van der Waals surface area (Å²) in [5.74, 6) is 0.915. The van der Waals surface area contributed by atoms with E-state index in [1.165, 1.54) is 11.1 Å². The lowest BCUT2D eigenvalue weighted by Gasteiger charge is -2.22. The van der Waals surface area contributed by atoms with E-state index in [0.29, 0.717) is 6.61 Å². The van der Waals surface area contributed by atoms with Gasteiger partial charge in [-0.3, -0.25) is 0 Å². The fourth-order valence-corrected chi connectivity index (χ4v) is 1.62. The Hall–Kier alpha value is -1.02. The molecule has 2 heteroatoms. The van der Waals surface area contributed by atoms with Gasteiger partial charge in [-0.15, -0.1) is 0 Å². The van der Waals surface area contributed by atoms with E-state index in [0.717, 1.165) is 5.75 Å². The Kier molecular flexibility index (Phi) is 3.17. The van der Waals surface area contributed by atoms with Crippen LogP contribution in [0.2, 0.25) is 0 Å². The molecule has 0 unspecified atom stereocenters. The highest BCUT2D eigenvalue weighted by Gasteiger charge is 2.16. The largest absolute Gasteiger partial charge is 0.494 e. The third-order valence-corrected chi connectivity index (χ3v) is 2.20. The van der Waals surface area contributed by atoms with Crippen LogP contribution in [-0.4, -0.2) is 6.61 Å². The molecule has 0 spiro atoms. The van der Waals surface area contributed by atoms with Crippen LogP contribution in [0.25, 0.3) is 0 Å². The molecule has 1 aromatic rings. The normalized spacial score (nSPS) is 11.5. The molecule has 0 aliphatic heterocycles. The summed E-state index contributed by atoms with van der Waals surface area (Å²) >= 11 is 0. The van der Waals surface area contributed by atoms with Crippen LogP contribution in [0.4, 0.5) is 0 Å². The second-order valence-corrected chi connectivity index (χ2v) is 4.13. The molecular weight excluding hydrogens is 174 g/mol. The van der Waals surface area contributed by atoms with Gasteiger partial charge in [-0.2, -0.15) is 0 Å². The minimum Gasteiger partial charge on any atom is -0.494 e. The molecule has 14 heavy (non-hydrogen) atoms. The minimum atomic E-state index is -0.283. The molecule has 0 aromatic heterocycles. The van der Waals surface area contributed by atoms with E-state index >= 15 is 0 Å². The van der Waals surface area contributed by atoms with E-state index in [-0.39, 0.29) is 5.54 Å². The molecule has 78 valence electrons. The Balaban J connectivity index is 3.02. The second-order valence-electron chi connectivity index (χ2n) is 4.13. The van der Waals surface area contributed by atoms with Gasteiger partial charge in [0.1, 0.15) is 5.75 Å². The van der Waals surface area contributed by atoms with Crippen LogP contribution < -0.4 is 10.5 Å². The van der Waals surface area contributed by atoms with Crippen LogP contribution in [-0.2, 0) is 5.54 Å². The van der Waals surface area contributed by atoms with Gasteiger partial charge in [0.15, 0.2) is 0 Å². The number of benzene rings is 1. The van der Waals surface area contributed by atoms with Crippen molar-refractivity contribution in [2.45, 2.75) is 33.2 Å². The van der Waals surface area contributed by atoms with Crippen molar-refractivity contribution in [1.82, 2.24) is 0 Å². The van der Waals surface area contributed by atoms with Crippen LogP contribution in [0.5, 0.6) is 5.75 Å². The van der Waals surface area contributed by atoms with Crippen LogP contribution in [0, 0.1) is 6.92 Å². The minimum absolute atomic E-state index is 0.283. The summed E-state index contributed by atoms with van der Waals surface area (Å²) in [5, 5.41) is 0. The molecule has 0 bridgehead atoms. The van der Waals surface area contributed by atoms with Crippen LogP contribution in [0.15, 0.2) is 18.2 Å². The summed E-state index contributed by atoms with van der Waals surface area (Å²) < 4.78 is 5.41. The number of nitrogens with two attached hydrogens (primary N) is 1.